The second-order valence-electron chi connectivity index (χ2n) is 5.18. The van der Waals surface area contributed by atoms with Gasteiger partial charge in [0.25, 0.3) is 0 Å². The predicted molar refractivity (Wildman–Crippen MR) is 59.8 cm³/mol. The van der Waals surface area contributed by atoms with Gasteiger partial charge in [-0.1, -0.05) is 0 Å². The van der Waals surface area contributed by atoms with E-state index in [1.165, 1.54) is 49.4 Å². The topological polar surface area (TPSA) is 43.8 Å². The minimum atomic E-state index is 0.166. The summed E-state index contributed by atoms with van der Waals surface area (Å²) < 4.78 is 2.42. The van der Waals surface area contributed by atoms with Crippen LogP contribution in [0.2, 0.25) is 0 Å². The lowest BCUT2D eigenvalue weighted by atomic mass is 10.1. The summed E-state index contributed by atoms with van der Waals surface area (Å²) in [6.07, 6.45) is 7.10. The minimum absolute atomic E-state index is 0.166. The Bertz CT molecular complexity index is 388. The predicted octanol–water partition coefficient (Wildman–Crippen LogP) is 1.56. The molecule has 0 amide bonds. The first-order valence-corrected chi connectivity index (χ1v) is 6.02. The van der Waals surface area contributed by atoms with Crippen LogP contribution in [0.1, 0.15) is 42.9 Å². The van der Waals surface area contributed by atoms with Gasteiger partial charge in [-0.05, 0) is 39.0 Å². The number of aromatic nitrogens is 2. The monoisotopic (exact) mass is 205 g/mol. The number of nitrogens with zero attached hydrogens (tertiary/aromatic N) is 2. The Morgan fingerprint density at radius 2 is 2.27 bits per heavy atom. The van der Waals surface area contributed by atoms with E-state index in [0.717, 1.165) is 12.8 Å². The highest BCUT2D eigenvalue weighted by molar-refractivity contribution is 5.19. The third-order valence-electron chi connectivity index (χ3n) is 3.89. The van der Waals surface area contributed by atoms with Gasteiger partial charge in [0, 0.05) is 24.2 Å². The van der Waals surface area contributed by atoms with Crippen LogP contribution >= 0.6 is 0 Å². The van der Waals surface area contributed by atoms with Gasteiger partial charge in [-0.15, -0.1) is 0 Å². The van der Waals surface area contributed by atoms with Gasteiger partial charge in [0.05, 0.1) is 5.69 Å². The second kappa shape index (κ2) is 3.08. The lowest BCUT2D eigenvalue weighted by molar-refractivity contribution is 0.575. The average molecular weight is 205 g/mol. The van der Waals surface area contributed by atoms with E-state index in [1.807, 2.05) is 0 Å². The summed E-state index contributed by atoms with van der Waals surface area (Å²) in [6, 6.07) is 0. The molecular weight excluding hydrogens is 186 g/mol. The summed E-state index contributed by atoms with van der Waals surface area (Å²) >= 11 is 0. The van der Waals surface area contributed by atoms with Crippen molar-refractivity contribution in [1.82, 2.24) is 9.55 Å². The molecule has 1 aliphatic heterocycles. The lowest BCUT2D eigenvalue weighted by Gasteiger charge is -2.08. The number of nitrogens with two attached hydrogens (primary N) is 1. The largest absolute Gasteiger partial charge is 0.332 e. The van der Waals surface area contributed by atoms with E-state index < -0.39 is 0 Å². The fourth-order valence-corrected chi connectivity index (χ4v) is 2.62. The molecule has 0 aromatic carbocycles. The van der Waals surface area contributed by atoms with Gasteiger partial charge in [-0.25, -0.2) is 4.98 Å². The number of fused-ring (bicyclic) bond motifs is 1. The SMILES string of the molecule is Cc1nc(CCC2(N)CC2)n2c1CCC2. The van der Waals surface area contributed by atoms with E-state index in [4.69, 9.17) is 5.73 Å². The zero-order chi connectivity index (χ0) is 10.5. The third kappa shape index (κ3) is 1.59. The molecule has 15 heavy (non-hydrogen) atoms. The maximum absolute atomic E-state index is 6.11. The second-order valence-corrected chi connectivity index (χ2v) is 5.18. The molecule has 0 bridgehead atoms. The van der Waals surface area contributed by atoms with Gasteiger partial charge in [-0.3, -0.25) is 0 Å². The zero-order valence-electron chi connectivity index (χ0n) is 9.42. The molecule has 0 radical (unpaired) electrons. The van der Waals surface area contributed by atoms with Gasteiger partial charge in [0.1, 0.15) is 5.82 Å². The molecule has 0 atom stereocenters. The molecule has 3 nitrogen and oxygen atoms in total. The van der Waals surface area contributed by atoms with E-state index in [-0.39, 0.29) is 5.54 Å². The number of imidazole rings is 1. The standard InChI is InChI=1S/C12H19N3/c1-9-10-3-2-8-15(10)11(14-9)4-5-12(13)6-7-12/h2-8,13H2,1H3. The summed E-state index contributed by atoms with van der Waals surface area (Å²) in [4.78, 5) is 4.67. The van der Waals surface area contributed by atoms with Gasteiger partial charge >= 0.3 is 0 Å². The van der Waals surface area contributed by atoms with Crippen molar-refractivity contribution in [2.45, 2.75) is 57.5 Å². The maximum Gasteiger partial charge on any atom is 0.109 e. The molecule has 0 spiro atoms. The van der Waals surface area contributed by atoms with E-state index in [0.29, 0.717) is 0 Å². The van der Waals surface area contributed by atoms with Crippen molar-refractivity contribution in [2.24, 2.45) is 5.73 Å². The third-order valence-corrected chi connectivity index (χ3v) is 3.89. The quantitative estimate of drug-likeness (QED) is 0.814. The highest BCUT2D eigenvalue weighted by Crippen LogP contribution is 2.36. The van der Waals surface area contributed by atoms with Crippen LogP contribution in [0.3, 0.4) is 0 Å². The Labute approximate surface area is 90.7 Å². The number of hydrogen-bond donors (Lipinski definition) is 1. The summed E-state index contributed by atoms with van der Waals surface area (Å²) in [5, 5.41) is 0. The maximum atomic E-state index is 6.11. The van der Waals surface area contributed by atoms with Crippen molar-refractivity contribution in [3.05, 3.63) is 17.2 Å². The molecule has 1 aliphatic carbocycles. The molecule has 0 unspecified atom stereocenters. The van der Waals surface area contributed by atoms with Crippen LogP contribution in [-0.2, 0) is 19.4 Å². The van der Waals surface area contributed by atoms with Crippen LogP contribution in [0, 0.1) is 6.92 Å². The summed E-state index contributed by atoms with van der Waals surface area (Å²) in [5.74, 6) is 1.27. The highest BCUT2D eigenvalue weighted by atomic mass is 15.1. The molecular formula is C12H19N3. The summed E-state index contributed by atoms with van der Waals surface area (Å²) in [7, 11) is 0. The van der Waals surface area contributed by atoms with E-state index in [2.05, 4.69) is 16.5 Å². The number of hydrogen-bond acceptors (Lipinski definition) is 2. The molecule has 0 saturated heterocycles. The minimum Gasteiger partial charge on any atom is -0.332 e. The highest BCUT2D eigenvalue weighted by Gasteiger charge is 2.37. The Balaban J connectivity index is 1.77. The first kappa shape index (κ1) is 9.40. The molecule has 1 fully saturated rings. The lowest BCUT2D eigenvalue weighted by Crippen LogP contribution is -2.22. The van der Waals surface area contributed by atoms with E-state index in [1.54, 1.807) is 0 Å². The molecule has 82 valence electrons. The van der Waals surface area contributed by atoms with Crippen molar-refractivity contribution in [2.75, 3.05) is 0 Å². The van der Waals surface area contributed by atoms with Crippen LogP contribution in [0.5, 0.6) is 0 Å². The average Bonchev–Trinajstić information content (AvgIpc) is 2.65. The zero-order valence-corrected chi connectivity index (χ0v) is 9.42. The van der Waals surface area contributed by atoms with Crippen LogP contribution in [-0.4, -0.2) is 15.1 Å². The molecule has 2 aliphatic rings. The molecule has 3 heteroatoms. The molecule has 2 heterocycles. The van der Waals surface area contributed by atoms with E-state index >= 15 is 0 Å². The van der Waals surface area contributed by atoms with Crippen LogP contribution < -0.4 is 5.73 Å². The molecule has 1 aromatic rings. The first-order valence-electron chi connectivity index (χ1n) is 6.02. The Morgan fingerprint density at radius 3 is 3.00 bits per heavy atom. The van der Waals surface area contributed by atoms with Crippen molar-refractivity contribution >= 4 is 0 Å². The van der Waals surface area contributed by atoms with Crippen molar-refractivity contribution < 1.29 is 0 Å². The van der Waals surface area contributed by atoms with Gasteiger partial charge in [-0.2, -0.15) is 0 Å². The first-order chi connectivity index (χ1) is 7.18. The van der Waals surface area contributed by atoms with Crippen LogP contribution in [0.4, 0.5) is 0 Å². The molecule has 3 rings (SSSR count). The summed E-state index contributed by atoms with van der Waals surface area (Å²) in [6.45, 7) is 3.30. The Kier molecular flexibility index (Phi) is 1.93. The van der Waals surface area contributed by atoms with Crippen molar-refractivity contribution in [3.63, 3.8) is 0 Å². The molecule has 2 N–H and O–H groups in total. The Morgan fingerprint density at radius 1 is 1.47 bits per heavy atom. The van der Waals surface area contributed by atoms with Crippen molar-refractivity contribution in [1.29, 1.82) is 0 Å². The van der Waals surface area contributed by atoms with Crippen molar-refractivity contribution in [3.8, 4) is 0 Å². The van der Waals surface area contributed by atoms with E-state index in [9.17, 15) is 0 Å². The Hall–Kier alpha value is -0.830. The number of aryl methyl sites for hydroxylation is 2. The fourth-order valence-electron chi connectivity index (χ4n) is 2.62. The number of rotatable bonds is 3. The van der Waals surface area contributed by atoms with Crippen LogP contribution in [0.15, 0.2) is 0 Å². The normalized spacial score (nSPS) is 21.7. The smallest absolute Gasteiger partial charge is 0.109 e. The van der Waals surface area contributed by atoms with Gasteiger partial charge < -0.3 is 10.3 Å². The van der Waals surface area contributed by atoms with Gasteiger partial charge in [0.15, 0.2) is 0 Å². The van der Waals surface area contributed by atoms with Gasteiger partial charge in [0.2, 0.25) is 0 Å². The van der Waals surface area contributed by atoms with Crippen LogP contribution in [0.25, 0.3) is 0 Å². The molecule has 1 aromatic heterocycles. The molecule has 1 saturated carbocycles. The fraction of sp³-hybridized carbons (Fsp3) is 0.750. The summed E-state index contributed by atoms with van der Waals surface area (Å²) in [5.41, 5.74) is 8.98.